The van der Waals surface area contributed by atoms with E-state index < -0.39 is 0 Å². The van der Waals surface area contributed by atoms with Crippen LogP contribution in [0.3, 0.4) is 0 Å². The lowest BCUT2D eigenvalue weighted by molar-refractivity contribution is -0.121. The average molecular weight is 270 g/mol. The summed E-state index contributed by atoms with van der Waals surface area (Å²) >= 11 is 0. The molecule has 1 fully saturated rings. The van der Waals surface area contributed by atoms with Crippen molar-refractivity contribution in [2.45, 2.75) is 71.6 Å². The van der Waals surface area contributed by atoms with E-state index in [1.165, 1.54) is 6.42 Å². The van der Waals surface area contributed by atoms with Crippen molar-refractivity contribution in [3.05, 3.63) is 0 Å². The smallest absolute Gasteiger partial charge is 0.217 e. The van der Waals surface area contributed by atoms with E-state index in [1.807, 2.05) is 6.92 Å². The van der Waals surface area contributed by atoms with Gasteiger partial charge in [0.15, 0.2) is 0 Å². The Morgan fingerprint density at radius 1 is 1.32 bits per heavy atom. The first-order valence-electron chi connectivity index (χ1n) is 7.65. The molecule has 4 heteroatoms. The molecule has 0 aliphatic carbocycles. The second-order valence-electron chi connectivity index (χ2n) is 5.86. The molecule has 19 heavy (non-hydrogen) atoms. The first kappa shape index (κ1) is 16.4. The number of nitrogens with one attached hydrogen (secondary N) is 2. The fraction of sp³-hybridized carbons (Fsp3) is 0.933. The Morgan fingerprint density at radius 2 is 2.05 bits per heavy atom. The minimum Gasteiger partial charge on any atom is -0.376 e. The van der Waals surface area contributed by atoms with E-state index in [4.69, 9.17) is 4.74 Å². The van der Waals surface area contributed by atoms with Crippen molar-refractivity contribution in [3.63, 3.8) is 0 Å². The van der Waals surface area contributed by atoms with E-state index in [0.29, 0.717) is 18.6 Å². The van der Waals surface area contributed by atoms with Crippen molar-refractivity contribution >= 4 is 5.91 Å². The zero-order valence-electron chi connectivity index (χ0n) is 12.9. The van der Waals surface area contributed by atoms with Gasteiger partial charge >= 0.3 is 0 Å². The maximum Gasteiger partial charge on any atom is 0.217 e. The third-order valence-corrected chi connectivity index (χ3v) is 3.87. The molecule has 0 aromatic rings. The van der Waals surface area contributed by atoms with Crippen LogP contribution < -0.4 is 10.6 Å². The molecule has 1 saturated heterocycles. The van der Waals surface area contributed by atoms with Crippen LogP contribution in [0.1, 0.15) is 53.4 Å². The second kappa shape index (κ2) is 8.54. The molecule has 0 spiro atoms. The molecule has 0 aromatic carbocycles. The molecule has 0 aromatic heterocycles. The van der Waals surface area contributed by atoms with Crippen molar-refractivity contribution < 1.29 is 9.53 Å². The topological polar surface area (TPSA) is 50.4 Å². The molecular weight excluding hydrogens is 240 g/mol. The van der Waals surface area contributed by atoms with Gasteiger partial charge in [-0.15, -0.1) is 0 Å². The fourth-order valence-corrected chi connectivity index (χ4v) is 2.97. The summed E-state index contributed by atoms with van der Waals surface area (Å²) in [6.45, 7) is 9.80. The van der Waals surface area contributed by atoms with Crippen LogP contribution in [-0.4, -0.2) is 37.2 Å². The molecule has 0 saturated carbocycles. The molecule has 1 aliphatic rings. The van der Waals surface area contributed by atoms with E-state index in [-0.39, 0.29) is 18.1 Å². The molecule has 1 aliphatic heterocycles. The minimum absolute atomic E-state index is 0.0424. The van der Waals surface area contributed by atoms with Gasteiger partial charge in [-0.25, -0.2) is 0 Å². The van der Waals surface area contributed by atoms with Gasteiger partial charge in [0.2, 0.25) is 5.91 Å². The van der Waals surface area contributed by atoms with Gasteiger partial charge in [-0.3, -0.25) is 4.79 Å². The third-order valence-electron chi connectivity index (χ3n) is 3.87. The van der Waals surface area contributed by atoms with Crippen LogP contribution in [0.2, 0.25) is 0 Å². The number of amides is 1. The van der Waals surface area contributed by atoms with E-state index in [0.717, 1.165) is 25.8 Å². The van der Waals surface area contributed by atoms with Crippen LogP contribution in [0.5, 0.6) is 0 Å². The number of hydrogen-bond donors (Lipinski definition) is 2. The van der Waals surface area contributed by atoms with Gasteiger partial charge in [0, 0.05) is 19.6 Å². The van der Waals surface area contributed by atoms with Crippen molar-refractivity contribution in [2.24, 2.45) is 5.92 Å². The fourth-order valence-electron chi connectivity index (χ4n) is 2.97. The monoisotopic (exact) mass is 270 g/mol. The number of carbonyl (C=O) groups excluding carboxylic acids is 1. The highest BCUT2D eigenvalue weighted by atomic mass is 16.5. The largest absolute Gasteiger partial charge is 0.376 e. The molecule has 4 atom stereocenters. The lowest BCUT2D eigenvalue weighted by Crippen LogP contribution is -2.46. The number of carbonyl (C=O) groups is 1. The van der Waals surface area contributed by atoms with Crippen LogP contribution in [0.15, 0.2) is 0 Å². The van der Waals surface area contributed by atoms with Crippen molar-refractivity contribution in [3.8, 4) is 0 Å². The van der Waals surface area contributed by atoms with E-state index in [2.05, 4.69) is 24.5 Å². The summed E-state index contributed by atoms with van der Waals surface area (Å²) in [5.74, 6) is 0.722. The van der Waals surface area contributed by atoms with Gasteiger partial charge in [-0.05, 0) is 52.0 Å². The highest BCUT2D eigenvalue weighted by Gasteiger charge is 2.24. The summed E-state index contributed by atoms with van der Waals surface area (Å²) in [5.41, 5.74) is 0. The average Bonchev–Trinajstić information content (AvgIpc) is 2.32. The number of ether oxygens (including phenoxy) is 1. The molecule has 112 valence electrons. The SMILES string of the molecule is CCOC1CCNC(C)CC(C)CCC1NC(C)=O. The maximum atomic E-state index is 11.4. The Bertz CT molecular complexity index is 271. The van der Waals surface area contributed by atoms with Crippen molar-refractivity contribution in [2.75, 3.05) is 13.2 Å². The first-order valence-corrected chi connectivity index (χ1v) is 7.65. The van der Waals surface area contributed by atoms with Crippen LogP contribution in [0.25, 0.3) is 0 Å². The molecule has 0 bridgehead atoms. The summed E-state index contributed by atoms with van der Waals surface area (Å²) in [7, 11) is 0. The van der Waals surface area contributed by atoms with E-state index in [1.54, 1.807) is 6.92 Å². The highest BCUT2D eigenvalue weighted by molar-refractivity contribution is 5.73. The Morgan fingerprint density at radius 3 is 2.68 bits per heavy atom. The zero-order valence-corrected chi connectivity index (χ0v) is 12.9. The normalized spacial score (nSPS) is 33.7. The molecule has 1 rings (SSSR count). The van der Waals surface area contributed by atoms with Gasteiger partial charge < -0.3 is 15.4 Å². The summed E-state index contributed by atoms with van der Waals surface area (Å²) in [4.78, 5) is 11.4. The number of hydrogen-bond acceptors (Lipinski definition) is 3. The summed E-state index contributed by atoms with van der Waals surface area (Å²) in [5, 5.41) is 6.62. The van der Waals surface area contributed by atoms with Crippen molar-refractivity contribution in [1.29, 1.82) is 0 Å². The summed E-state index contributed by atoms with van der Waals surface area (Å²) < 4.78 is 5.84. The van der Waals surface area contributed by atoms with Crippen LogP contribution in [0.4, 0.5) is 0 Å². The molecular formula is C15H30N2O2. The zero-order chi connectivity index (χ0) is 14.3. The lowest BCUT2D eigenvalue weighted by Gasteiger charge is -2.31. The predicted molar refractivity (Wildman–Crippen MR) is 78.1 cm³/mol. The molecule has 0 radical (unpaired) electrons. The molecule has 4 nitrogen and oxygen atoms in total. The Balaban J connectivity index is 2.67. The summed E-state index contributed by atoms with van der Waals surface area (Å²) in [6.07, 6.45) is 4.43. The molecule has 1 heterocycles. The van der Waals surface area contributed by atoms with E-state index in [9.17, 15) is 4.79 Å². The predicted octanol–water partition coefficient (Wildman–Crippen LogP) is 2.08. The lowest BCUT2D eigenvalue weighted by atomic mass is 9.91. The van der Waals surface area contributed by atoms with Gasteiger partial charge in [-0.1, -0.05) is 6.92 Å². The quantitative estimate of drug-likeness (QED) is 0.825. The van der Waals surface area contributed by atoms with E-state index >= 15 is 0 Å². The first-order chi connectivity index (χ1) is 9.02. The summed E-state index contributed by atoms with van der Waals surface area (Å²) in [6, 6.07) is 0.713. The Hall–Kier alpha value is -0.610. The van der Waals surface area contributed by atoms with Crippen LogP contribution >= 0.6 is 0 Å². The highest BCUT2D eigenvalue weighted by Crippen LogP contribution is 2.19. The Kier molecular flexibility index (Phi) is 7.39. The third kappa shape index (κ3) is 6.39. The van der Waals surface area contributed by atoms with Gasteiger partial charge in [0.1, 0.15) is 0 Å². The van der Waals surface area contributed by atoms with Gasteiger partial charge in [0.25, 0.3) is 0 Å². The Labute approximate surface area is 117 Å². The number of rotatable bonds is 3. The molecule has 1 amide bonds. The second-order valence-corrected chi connectivity index (χ2v) is 5.86. The van der Waals surface area contributed by atoms with Gasteiger partial charge in [-0.2, -0.15) is 0 Å². The standard InChI is InChI=1S/C15H30N2O2/c1-5-19-15-8-9-16-12(3)10-11(2)6-7-14(15)17-13(4)18/h11-12,14-16H,5-10H2,1-4H3,(H,17,18). The van der Waals surface area contributed by atoms with Crippen molar-refractivity contribution in [1.82, 2.24) is 10.6 Å². The molecule has 4 unspecified atom stereocenters. The van der Waals surface area contributed by atoms with Gasteiger partial charge in [0.05, 0.1) is 12.1 Å². The maximum absolute atomic E-state index is 11.4. The van der Waals surface area contributed by atoms with Crippen LogP contribution in [-0.2, 0) is 9.53 Å². The minimum atomic E-state index is 0.0424. The van der Waals surface area contributed by atoms with Crippen LogP contribution in [0, 0.1) is 5.92 Å². The molecule has 2 N–H and O–H groups in total.